The topological polar surface area (TPSA) is 92.6 Å². The van der Waals surface area contributed by atoms with Gasteiger partial charge < -0.3 is 19.9 Å². The van der Waals surface area contributed by atoms with Crippen LogP contribution < -0.4 is 10.2 Å². The van der Waals surface area contributed by atoms with Crippen LogP contribution in [-0.2, 0) is 16.1 Å². The van der Waals surface area contributed by atoms with Crippen LogP contribution in [0.15, 0.2) is 29.4 Å². The molecule has 0 spiro atoms. The number of ether oxygens (including phenoxy) is 1. The molecule has 1 aromatic heterocycles. The second-order valence-corrected chi connectivity index (χ2v) is 7.68. The Hall–Kier alpha value is -2.59. The fourth-order valence-electron chi connectivity index (χ4n) is 2.94. The Morgan fingerprint density at radius 2 is 1.86 bits per heavy atom. The first-order chi connectivity index (χ1) is 14.0. The van der Waals surface area contributed by atoms with Gasteiger partial charge in [-0.3, -0.25) is 14.2 Å². The number of nitrogens with zero attached hydrogens (tertiary/aromatic N) is 5. The summed E-state index contributed by atoms with van der Waals surface area (Å²) in [6, 6.07) is 6.86. The lowest BCUT2D eigenvalue weighted by molar-refractivity contribution is -0.113. The normalized spacial score (nSPS) is 14.0. The summed E-state index contributed by atoms with van der Waals surface area (Å²) in [5, 5.41) is 12.1. The van der Waals surface area contributed by atoms with Crippen molar-refractivity contribution in [2.24, 2.45) is 0 Å². The van der Waals surface area contributed by atoms with E-state index in [0.717, 1.165) is 30.7 Å². The molecule has 3 rings (SSSR count). The van der Waals surface area contributed by atoms with Gasteiger partial charge in [-0.2, -0.15) is 0 Å². The van der Waals surface area contributed by atoms with Gasteiger partial charge in [0.25, 0.3) is 5.91 Å². The molecule has 1 N–H and O–H groups in total. The van der Waals surface area contributed by atoms with Crippen LogP contribution in [0.4, 0.5) is 11.6 Å². The number of hydrogen-bond donors (Lipinski definition) is 1. The molecule has 1 aliphatic rings. The van der Waals surface area contributed by atoms with E-state index in [1.54, 1.807) is 38.4 Å². The Morgan fingerprint density at radius 3 is 2.48 bits per heavy atom. The number of hydrogen-bond acceptors (Lipinski definition) is 7. The molecule has 10 heteroatoms. The molecule has 1 aliphatic heterocycles. The van der Waals surface area contributed by atoms with Gasteiger partial charge in [-0.25, -0.2) is 0 Å². The lowest BCUT2D eigenvalue weighted by Crippen LogP contribution is -2.38. The molecule has 1 fully saturated rings. The average molecular weight is 419 g/mol. The molecule has 0 aliphatic carbocycles. The number of carbonyl (C=O) groups is 2. The van der Waals surface area contributed by atoms with Crippen molar-refractivity contribution < 1.29 is 14.3 Å². The Labute approximate surface area is 174 Å². The smallest absolute Gasteiger partial charge is 0.253 e. The highest BCUT2D eigenvalue weighted by atomic mass is 32.2. The highest BCUT2D eigenvalue weighted by Crippen LogP contribution is 2.23. The second-order valence-electron chi connectivity index (χ2n) is 6.74. The second kappa shape index (κ2) is 9.75. The quantitative estimate of drug-likeness (QED) is 0.682. The van der Waals surface area contributed by atoms with Crippen LogP contribution in [0.3, 0.4) is 0 Å². The van der Waals surface area contributed by atoms with Crippen molar-refractivity contribution in [3.05, 3.63) is 29.8 Å². The minimum atomic E-state index is -0.139. The van der Waals surface area contributed by atoms with E-state index in [1.807, 2.05) is 11.5 Å². The monoisotopic (exact) mass is 418 g/mol. The van der Waals surface area contributed by atoms with E-state index in [0.29, 0.717) is 24.5 Å². The SMILES string of the molecule is CCn1c(SCC(=O)Nc2ccc(C(=O)N(C)C)cc2)nnc1N1CCOCC1. The highest BCUT2D eigenvalue weighted by molar-refractivity contribution is 7.99. The molecule has 0 radical (unpaired) electrons. The third kappa shape index (κ3) is 5.27. The molecular formula is C19H26N6O3S. The van der Waals surface area contributed by atoms with Gasteiger partial charge in [-0.05, 0) is 31.2 Å². The number of thioether (sulfide) groups is 1. The maximum Gasteiger partial charge on any atom is 0.253 e. The molecule has 29 heavy (non-hydrogen) atoms. The van der Waals surface area contributed by atoms with Crippen molar-refractivity contribution in [1.82, 2.24) is 19.7 Å². The van der Waals surface area contributed by atoms with Gasteiger partial charge >= 0.3 is 0 Å². The van der Waals surface area contributed by atoms with E-state index in [9.17, 15) is 9.59 Å². The predicted octanol–water partition coefficient (Wildman–Crippen LogP) is 1.57. The Morgan fingerprint density at radius 1 is 1.17 bits per heavy atom. The zero-order chi connectivity index (χ0) is 20.8. The number of anilines is 2. The number of benzene rings is 1. The fraction of sp³-hybridized carbons (Fsp3) is 0.474. The summed E-state index contributed by atoms with van der Waals surface area (Å²) in [4.78, 5) is 27.9. The molecule has 0 atom stereocenters. The van der Waals surface area contributed by atoms with Crippen LogP contribution in [0.25, 0.3) is 0 Å². The van der Waals surface area contributed by atoms with Gasteiger partial charge in [0.2, 0.25) is 11.9 Å². The first-order valence-electron chi connectivity index (χ1n) is 9.50. The fourth-order valence-corrected chi connectivity index (χ4v) is 3.74. The van der Waals surface area contributed by atoms with Crippen LogP contribution in [0.2, 0.25) is 0 Å². The summed E-state index contributed by atoms with van der Waals surface area (Å²) in [7, 11) is 3.41. The highest BCUT2D eigenvalue weighted by Gasteiger charge is 2.20. The summed E-state index contributed by atoms with van der Waals surface area (Å²) >= 11 is 1.35. The van der Waals surface area contributed by atoms with Crippen molar-refractivity contribution in [1.29, 1.82) is 0 Å². The van der Waals surface area contributed by atoms with Gasteiger partial charge in [0.1, 0.15) is 0 Å². The zero-order valence-electron chi connectivity index (χ0n) is 16.9. The third-order valence-electron chi connectivity index (χ3n) is 4.46. The zero-order valence-corrected chi connectivity index (χ0v) is 17.7. The van der Waals surface area contributed by atoms with E-state index in [4.69, 9.17) is 4.74 Å². The minimum Gasteiger partial charge on any atom is -0.378 e. The Bertz CT molecular complexity index is 846. The average Bonchev–Trinajstić information content (AvgIpc) is 3.16. The molecule has 0 saturated carbocycles. The molecule has 1 aromatic carbocycles. The molecule has 156 valence electrons. The minimum absolute atomic E-state index is 0.0755. The van der Waals surface area contributed by atoms with Crippen molar-refractivity contribution in [2.75, 3.05) is 56.4 Å². The van der Waals surface area contributed by atoms with Gasteiger partial charge in [-0.15, -0.1) is 10.2 Å². The van der Waals surface area contributed by atoms with E-state index < -0.39 is 0 Å². The standard InChI is InChI=1S/C19H26N6O3S/c1-4-25-18(24-9-11-28-12-10-24)21-22-19(25)29-13-16(26)20-15-7-5-14(6-8-15)17(27)23(2)3/h5-8H,4,9-13H2,1-3H3,(H,20,26). The molecule has 2 amide bonds. The molecule has 2 heterocycles. The molecular weight excluding hydrogens is 392 g/mol. The lowest BCUT2D eigenvalue weighted by atomic mass is 10.2. The molecule has 1 saturated heterocycles. The number of carbonyl (C=O) groups excluding carboxylic acids is 2. The summed E-state index contributed by atoms with van der Waals surface area (Å²) < 4.78 is 7.41. The predicted molar refractivity (Wildman–Crippen MR) is 113 cm³/mol. The van der Waals surface area contributed by atoms with Crippen LogP contribution in [-0.4, -0.2) is 77.6 Å². The molecule has 2 aromatic rings. The van der Waals surface area contributed by atoms with Gasteiger partial charge in [0, 0.05) is 45.0 Å². The Kier molecular flexibility index (Phi) is 7.10. The van der Waals surface area contributed by atoms with Crippen molar-refractivity contribution >= 4 is 35.2 Å². The maximum atomic E-state index is 12.3. The number of morpholine rings is 1. The molecule has 0 unspecified atom stereocenters. The van der Waals surface area contributed by atoms with Crippen molar-refractivity contribution in [2.45, 2.75) is 18.6 Å². The number of rotatable bonds is 7. The van der Waals surface area contributed by atoms with Gasteiger partial charge in [0.05, 0.1) is 19.0 Å². The van der Waals surface area contributed by atoms with E-state index in [-0.39, 0.29) is 17.6 Å². The number of aromatic nitrogens is 3. The van der Waals surface area contributed by atoms with Crippen LogP contribution >= 0.6 is 11.8 Å². The van der Waals surface area contributed by atoms with E-state index >= 15 is 0 Å². The number of amides is 2. The summed E-state index contributed by atoms with van der Waals surface area (Å²) in [6.45, 7) is 5.70. The van der Waals surface area contributed by atoms with Crippen molar-refractivity contribution in [3.63, 3.8) is 0 Å². The van der Waals surface area contributed by atoms with Crippen molar-refractivity contribution in [3.8, 4) is 0 Å². The summed E-state index contributed by atoms with van der Waals surface area (Å²) in [5.41, 5.74) is 1.23. The van der Waals surface area contributed by atoms with E-state index in [2.05, 4.69) is 20.4 Å². The van der Waals surface area contributed by atoms with Gasteiger partial charge in [0.15, 0.2) is 5.16 Å². The van der Waals surface area contributed by atoms with Gasteiger partial charge in [-0.1, -0.05) is 11.8 Å². The maximum absolute atomic E-state index is 12.3. The third-order valence-corrected chi connectivity index (χ3v) is 5.43. The number of nitrogens with one attached hydrogen (secondary N) is 1. The first-order valence-corrected chi connectivity index (χ1v) is 10.5. The molecule has 0 bridgehead atoms. The van der Waals surface area contributed by atoms with Crippen LogP contribution in [0.1, 0.15) is 17.3 Å². The lowest BCUT2D eigenvalue weighted by Gasteiger charge is -2.27. The first kappa shape index (κ1) is 21.1. The Balaban J connectivity index is 1.56. The van der Waals surface area contributed by atoms with E-state index in [1.165, 1.54) is 16.7 Å². The van der Waals surface area contributed by atoms with Crippen LogP contribution in [0.5, 0.6) is 0 Å². The summed E-state index contributed by atoms with van der Waals surface area (Å²) in [6.07, 6.45) is 0. The molecule has 9 nitrogen and oxygen atoms in total. The largest absolute Gasteiger partial charge is 0.378 e. The summed E-state index contributed by atoms with van der Waals surface area (Å²) in [5.74, 6) is 0.827. The van der Waals surface area contributed by atoms with Crippen LogP contribution in [0, 0.1) is 0 Å².